The van der Waals surface area contributed by atoms with E-state index in [4.69, 9.17) is 12.2 Å². The molecule has 5 rings (SSSR count). The number of hydrogen-bond acceptors (Lipinski definition) is 5. The van der Waals surface area contributed by atoms with Crippen LogP contribution in [0, 0.1) is 19.7 Å². The van der Waals surface area contributed by atoms with Crippen molar-refractivity contribution in [2.45, 2.75) is 32.4 Å². The number of aryl methyl sites for hydroxylation is 1. The van der Waals surface area contributed by atoms with Gasteiger partial charge in [-0.1, -0.05) is 6.07 Å². The van der Waals surface area contributed by atoms with E-state index >= 15 is 0 Å². The largest absolute Gasteiger partial charge is 0.352 e. The highest BCUT2D eigenvalue weighted by molar-refractivity contribution is 7.80. The molecule has 2 N–H and O–H groups in total. The minimum absolute atomic E-state index is 0.181. The molecule has 1 saturated heterocycles. The van der Waals surface area contributed by atoms with Crippen molar-refractivity contribution >= 4 is 28.9 Å². The zero-order valence-electron chi connectivity index (χ0n) is 19.8. The number of amides is 1. The number of halogens is 1. The van der Waals surface area contributed by atoms with Gasteiger partial charge < -0.3 is 15.5 Å². The molecule has 1 aliphatic heterocycles. The third kappa shape index (κ3) is 4.57. The molecule has 0 radical (unpaired) electrons. The molecule has 11 heteroatoms. The van der Waals surface area contributed by atoms with Crippen molar-refractivity contribution < 1.29 is 9.18 Å². The molecule has 9 nitrogen and oxygen atoms in total. The van der Waals surface area contributed by atoms with Crippen molar-refractivity contribution in [3.8, 4) is 0 Å². The second-order valence-corrected chi connectivity index (χ2v) is 8.99. The summed E-state index contributed by atoms with van der Waals surface area (Å²) in [6.45, 7) is 4.45. The Hall–Kier alpha value is -4.12. The van der Waals surface area contributed by atoms with Gasteiger partial charge in [-0.3, -0.25) is 14.5 Å². The Bertz CT molecular complexity index is 1370. The van der Waals surface area contributed by atoms with Crippen LogP contribution in [0.15, 0.2) is 67.4 Å². The fourth-order valence-corrected chi connectivity index (χ4v) is 5.03. The first kappa shape index (κ1) is 23.6. The van der Waals surface area contributed by atoms with E-state index in [2.05, 4.69) is 31.9 Å². The zero-order chi connectivity index (χ0) is 25.2. The Balaban J connectivity index is 1.44. The molecule has 0 bridgehead atoms. The number of nitrogens with one attached hydrogen (secondary N) is 2. The van der Waals surface area contributed by atoms with Crippen molar-refractivity contribution in [3.05, 3.63) is 95.8 Å². The van der Waals surface area contributed by atoms with Crippen LogP contribution in [0.5, 0.6) is 0 Å². The maximum absolute atomic E-state index is 13.2. The topological polar surface area (TPSA) is 92.9 Å². The molecule has 1 fully saturated rings. The summed E-state index contributed by atoms with van der Waals surface area (Å²) in [5.41, 5.74) is 4.48. The predicted molar refractivity (Wildman–Crippen MR) is 137 cm³/mol. The molecule has 184 valence electrons. The van der Waals surface area contributed by atoms with Gasteiger partial charge in [-0.05, 0) is 68.5 Å². The lowest BCUT2D eigenvalue weighted by Crippen LogP contribution is -2.33. The first-order chi connectivity index (χ1) is 17.4. The zero-order valence-corrected chi connectivity index (χ0v) is 20.6. The van der Waals surface area contributed by atoms with E-state index in [1.165, 1.54) is 24.3 Å². The summed E-state index contributed by atoms with van der Waals surface area (Å²) in [6, 6.07) is 13.2. The Labute approximate surface area is 212 Å². The number of pyridine rings is 1. The first-order valence-electron chi connectivity index (χ1n) is 11.5. The highest BCUT2D eigenvalue weighted by Crippen LogP contribution is 2.40. The summed E-state index contributed by atoms with van der Waals surface area (Å²) in [7, 11) is 0. The lowest BCUT2D eigenvalue weighted by atomic mass is 9.96. The molecule has 4 aromatic rings. The maximum Gasteiger partial charge on any atom is 0.226 e. The number of thiocarbonyl (C=S) groups is 1. The van der Waals surface area contributed by atoms with Crippen LogP contribution in [0.3, 0.4) is 0 Å². The molecule has 0 unspecified atom stereocenters. The molecule has 1 aliphatic rings. The van der Waals surface area contributed by atoms with Crippen LogP contribution >= 0.6 is 12.2 Å². The van der Waals surface area contributed by atoms with Crippen molar-refractivity contribution in [1.82, 2.24) is 34.8 Å². The summed E-state index contributed by atoms with van der Waals surface area (Å²) in [6.07, 6.45) is 5.26. The third-order valence-corrected chi connectivity index (χ3v) is 6.65. The second-order valence-electron chi connectivity index (χ2n) is 8.61. The van der Waals surface area contributed by atoms with E-state index in [-0.39, 0.29) is 30.2 Å². The SMILES string of the molecule is Cc1cc([C@@H]2[C@@H](c3ccccn3)NC(=S)N2CCC(=O)Nc2ccc(F)cc2)c(C)n1-n1cnnc1. The highest BCUT2D eigenvalue weighted by Gasteiger charge is 2.41. The van der Waals surface area contributed by atoms with Gasteiger partial charge in [0.25, 0.3) is 0 Å². The third-order valence-electron chi connectivity index (χ3n) is 6.30. The van der Waals surface area contributed by atoms with Crippen molar-refractivity contribution in [2.75, 3.05) is 11.9 Å². The van der Waals surface area contributed by atoms with Gasteiger partial charge in [0, 0.05) is 41.8 Å². The number of anilines is 1. The van der Waals surface area contributed by atoms with E-state index in [1.807, 2.05) is 46.3 Å². The number of nitrogens with zero attached hydrogens (tertiary/aromatic N) is 6. The number of aromatic nitrogens is 5. The molecular formula is C25H25FN8OS. The summed E-state index contributed by atoms with van der Waals surface area (Å²) in [5, 5.41) is 14.7. The van der Waals surface area contributed by atoms with Crippen LogP contribution < -0.4 is 10.6 Å². The molecule has 0 saturated carbocycles. The minimum Gasteiger partial charge on any atom is -0.352 e. The fraction of sp³-hybridized carbons (Fsp3) is 0.240. The van der Waals surface area contributed by atoms with E-state index in [1.54, 1.807) is 18.9 Å². The average Bonchev–Trinajstić information content (AvgIpc) is 3.58. The van der Waals surface area contributed by atoms with E-state index in [9.17, 15) is 9.18 Å². The van der Waals surface area contributed by atoms with Gasteiger partial charge in [0.1, 0.15) is 18.5 Å². The Morgan fingerprint density at radius 1 is 1.14 bits per heavy atom. The van der Waals surface area contributed by atoms with Gasteiger partial charge in [-0.15, -0.1) is 10.2 Å². The number of hydrogen-bond donors (Lipinski definition) is 2. The van der Waals surface area contributed by atoms with Crippen molar-refractivity contribution in [1.29, 1.82) is 0 Å². The highest BCUT2D eigenvalue weighted by atomic mass is 32.1. The average molecular weight is 505 g/mol. The second kappa shape index (κ2) is 9.86. The van der Waals surface area contributed by atoms with Crippen LogP contribution in [-0.4, -0.2) is 47.0 Å². The van der Waals surface area contributed by atoms with Gasteiger partial charge >= 0.3 is 0 Å². The predicted octanol–water partition coefficient (Wildman–Crippen LogP) is 3.54. The molecule has 3 aromatic heterocycles. The van der Waals surface area contributed by atoms with Crippen LogP contribution in [0.2, 0.25) is 0 Å². The lowest BCUT2D eigenvalue weighted by molar-refractivity contribution is -0.116. The molecule has 0 aliphatic carbocycles. The molecule has 1 aromatic carbocycles. The molecule has 2 atom stereocenters. The Kier molecular flexibility index (Phi) is 6.47. The monoisotopic (exact) mass is 504 g/mol. The van der Waals surface area contributed by atoms with Crippen LogP contribution in [0.1, 0.15) is 41.1 Å². The van der Waals surface area contributed by atoms with Gasteiger partial charge in [0.15, 0.2) is 5.11 Å². The lowest BCUT2D eigenvalue weighted by Gasteiger charge is -2.28. The fourth-order valence-electron chi connectivity index (χ4n) is 4.69. The van der Waals surface area contributed by atoms with Crippen LogP contribution in [0.4, 0.5) is 10.1 Å². The Morgan fingerprint density at radius 2 is 1.89 bits per heavy atom. The van der Waals surface area contributed by atoms with Crippen LogP contribution in [0.25, 0.3) is 0 Å². The van der Waals surface area contributed by atoms with Crippen molar-refractivity contribution in [2.24, 2.45) is 0 Å². The smallest absolute Gasteiger partial charge is 0.226 e. The molecule has 4 heterocycles. The Morgan fingerprint density at radius 3 is 2.58 bits per heavy atom. The van der Waals surface area contributed by atoms with Gasteiger partial charge in [-0.25, -0.2) is 9.07 Å². The van der Waals surface area contributed by atoms with E-state index in [0.29, 0.717) is 17.3 Å². The summed E-state index contributed by atoms with van der Waals surface area (Å²) in [5.74, 6) is -0.534. The minimum atomic E-state index is -0.353. The molecule has 36 heavy (non-hydrogen) atoms. The summed E-state index contributed by atoms with van der Waals surface area (Å²) < 4.78 is 17.1. The summed E-state index contributed by atoms with van der Waals surface area (Å²) >= 11 is 5.73. The number of carbonyl (C=O) groups excluding carboxylic acids is 1. The van der Waals surface area contributed by atoms with E-state index in [0.717, 1.165) is 22.6 Å². The molecule has 1 amide bonds. The number of rotatable bonds is 7. The van der Waals surface area contributed by atoms with Gasteiger partial charge in [-0.2, -0.15) is 0 Å². The number of carbonyl (C=O) groups is 1. The van der Waals surface area contributed by atoms with Gasteiger partial charge in [0.2, 0.25) is 5.91 Å². The maximum atomic E-state index is 13.2. The normalized spacial score (nSPS) is 17.3. The van der Waals surface area contributed by atoms with E-state index < -0.39 is 0 Å². The standard InChI is InChI=1S/C25H25FN8OS/c1-16-13-20(17(2)34(16)32-14-28-29-15-32)24-23(21-5-3-4-11-27-21)31-25(36)33(24)12-10-22(35)30-19-8-6-18(26)7-9-19/h3-9,11,13-15,23-24H,10,12H2,1-2H3,(H,30,35)(H,31,36)/t23-,24-/m1/s1. The molecule has 0 spiro atoms. The summed E-state index contributed by atoms with van der Waals surface area (Å²) in [4.78, 5) is 19.3. The van der Waals surface area contributed by atoms with Crippen LogP contribution in [-0.2, 0) is 4.79 Å². The first-order valence-corrected chi connectivity index (χ1v) is 11.9. The molecular weight excluding hydrogens is 479 g/mol. The number of benzene rings is 1. The van der Waals surface area contributed by atoms with Gasteiger partial charge in [0.05, 0.1) is 17.8 Å². The van der Waals surface area contributed by atoms with Crippen molar-refractivity contribution in [3.63, 3.8) is 0 Å². The quantitative estimate of drug-likeness (QED) is 0.372.